The lowest BCUT2D eigenvalue weighted by Crippen LogP contribution is -2.73. The average Bonchev–Trinajstić information content (AvgIpc) is 2.75. The summed E-state index contributed by atoms with van der Waals surface area (Å²) in [5.41, 5.74) is 3.61. The molecule has 0 heterocycles. The minimum Gasteiger partial charge on any atom is -0.507 e. The number of nitrogens with zero attached hydrogens (tertiary/aromatic N) is 1. The van der Waals surface area contributed by atoms with Crippen molar-refractivity contribution in [1.82, 2.24) is 10.2 Å². The van der Waals surface area contributed by atoms with Gasteiger partial charge in [0.25, 0.3) is 0 Å². The second-order valence-electron chi connectivity index (χ2n) is 9.80. The second kappa shape index (κ2) is 8.43. The number of carbonyl (C=O) groups excluding carboxylic acids is 4. The molecular weight excluding hydrogens is 458 g/mol. The molecule has 0 aliphatic heterocycles. The summed E-state index contributed by atoms with van der Waals surface area (Å²) in [7, 11) is 3.18. The maximum absolute atomic E-state index is 13.7. The molecule has 1 aromatic carbocycles. The van der Waals surface area contributed by atoms with Gasteiger partial charge in [0.05, 0.1) is 11.7 Å². The van der Waals surface area contributed by atoms with Crippen LogP contribution in [0.15, 0.2) is 17.7 Å². The molecule has 3 aliphatic carbocycles. The van der Waals surface area contributed by atoms with Gasteiger partial charge < -0.3 is 36.4 Å². The number of hydrogen-bond donors (Lipinski definition) is 6. The highest BCUT2D eigenvalue weighted by Crippen LogP contribution is 2.52. The molecule has 2 amide bonds. The van der Waals surface area contributed by atoms with Crippen LogP contribution in [0.25, 0.3) is 5.76 Å². The molecule has 35 heavy (non-hydrogen) atoms. The van der Waals surface area contributed by atoms with Crippen molar-refractivity contribution < 1.29 is 39.6 Å². The number of carbonyl (C=O) groups is 4. The third-order valence-corrected chi connectivity index (χ3v) is 7.60. The SMILES string of the molecule is CC(=O)NCc1ccc(O)c2c1C[C@@H]1C[C@@H]3[C@@H](N(C)C)C(O)C(C(N)=O)C(=O)[C@]3(O)C(=O)C1=C2O. The van der Waals surface area contributed by atoms with E-state index in [-0.39, 0.29) is 42.2 Å². The maximum atomic E-state index is 13.7. The van der Waals surface area contributed by atoms with Gasteiger partial charge >= 0.3 is 0 Å². The summed E-state index contributed by atoms with van der Waals surface area (Å²) in [6.07, 6.45) is -1.32. The van der Waals surface area contributed by atoms with Gasteiger partial charge in [0.2, 0.25) is 17.6 Å². The molecule has 7 N–H and O–H groups in total. The van der Waals surface area contributed by atoms with E-state index in [1.54, 1.807) is 20.2 Å². The lowest BCUT2D eigenvalue weighted by molar-refractivity contribution is -0.184. The number of aliphatic hydroxyl groups excluding tert-OH is 2. The van der Waals surface area contributed by atoms with E-state index in [1.807, 2.05) is 0 Å². The van der Waals surface area contributed by atoms with Gasteiger partial charge in [-0.1, -0.05) is 6.07 Å². The van der Waals surface area contributed by atoms with Crippen LogP contribution >= 0.6 is 0 Å². The number of Topliss-reactive ketones (excluding diaryl/α,β-unsaturated/α-hetero) is 2. The van der Waals surface area contributed by atoms with Crippen molar-refractivity contribution in [3.63, 3.8) is 0 Å². The first kappa shape index (κ1) is 24.8. The summed E-state index contributed by atoms with van der Waals surface area (Å²) >= 11 is 0. The van der Waals surface area contributed by atoms with Crippen molar-refractivity contribution in [3.8, 4) is 5.75 Å². The number of amides is 2. The van der Waals surface area contributed by atoms with Gasteiger partial charge in [-0.05, 0) is 50.0 Å². The van der Waals surface area contributed by atoms with Crippen LogP contribution in [0, 0.1) is 17.8 Å². The lowest BCUT2D eigenvalue weighted by atomic mass is 9.54. The molecule has 3 aliphatic rings. The van der Waals surface area contributed by atoms with E-state index >= 15 is 0 Å². The van der Waals surface area contributed by atoms with E-state index in [9.17, 15) is 39.6 Å². The number of rotatable bonds is 4. The molecular formula is C24H29N3O8. The van der Waals surface area contributed by atoms with E-state index in [2.05, 4.69) is 5.32 Å². The molecule has 11 heteroatoms. The number of phenols is 1. The Balaban J connectivity index is 1.89. The first-order chi connectivity index (χ1) is 16.3. The summed E-state index contributed by atoms with van der Waals surface area (Å²) in [4.78, 5) is 52.0. The zero-order valence-corrected chi connectivity index (χ0v) is 19.6. The van der Waals surface area contributed by atoms with Gasteiger partial charge in [0.15, 0.2) is 11.4 Å². The topological polar surface area (TPSA) is 190 Å². The summed E-state index contributed by atoms with van der Waals surface area (Å²) in [6, 6.07) is 1.98. The highest BCUT2D eigenvalue weighted by molar-refractivity contribution is 6.25. The number of likely N-dealkylation sites (N-methyl/N-ethyl adjacent to an activating group) is 1. The van der Waals surface area contributed by atoms with Crippen LogP contribution in [0.5, 0.6) is 5.75 Å². The third-order valence-electron chi connectivity index (χ3n) is 7.60. The van der Waals surface area contributed by atoms with E-state index in [0.717, 1.165) is 0 Å². The Morgan fingerprint density at radius 1 is 1.23 bits per heavy atom. The Bertz CT molecular complexity index is 1180. The predicted octanol–water partition coefficient (Wildman–Crippen LogP) is -1.23. The number of aromatic hydroxyl groups is 1. The van der Waals surface area contributed by atoms with Crippen molar-refractivity contribution in [3.05, 3.63) is 34.4 Å². The molecule has 11 nitrogen and oxygen atoms in total. The summed E-state index contributed by atoms with van der Waals surface area (Å²) in [5.74, 6) is -8.09. The fourth-order valence-electron chi connectivity index (χ4n) is 6.05. The van der Waals surface area contributed by atoms with Crippen molar-refractivity contribution >= 4 is 29.1 Å². The quantitative estimate of drug-likeness (QED) is 0.282. The zero-order valence-electron chi connectivity index (χ0n) is 19.6. The molecule has 0 spiro atoms. The minimum atomic E-state index is -2.69. The number of nitrogens with two attached hydrogens (primary N) is 1. The number of primary amides is 1. The summed E-state index contributed by atoms with van der Waals surface area (Å²) in [6.45, 7) is 1.49. The molecule has 2 fully saturated rings. The number of phenolic OH excluding ortho intramolecular Hbond substituents is 1. The zero-order chi connectivity index (χ0) is 26.0. The Morgan fingerprint density at radius 2 is 1.89 bits per heavy atom. The molecule has 0 bridgehead atoms. The largest absolute Gasteiger partial charge is 0.507 e. The van der Waals surface area contributed by atoms with Crippen LogP contribution in [-0.2, 0) is 32.1 Å². The number of ketones is 2. The number of benzene rings is 1. The minimum absolute atomic E-state index is 0.00611. The van der Waals surface area contributed by atoms with E-state index in [0.29, 0.717) is 11.1 Å². The molecule has 0 aromatic heterocycles. The Labute approximate surface area is 201 Å². The Morgan fingerprint density at radius 3 is 2.46 bits per heavy atom. The second-order valence-corrected chi connectivity index (χ2v) is 9.80. The predicted molar refractivity (Wildman–Crippen MR) is 122 cm³/mol. The molecule has 1 aromatic rings. The molecule has 6 atom stereocenters. The average molecular weight is 488 g/mol. The fourth-order valence-corrected chi connectivity index (χ4v) is 6.05. The van der Waals surface area contributed by atoms with Crippen LogP contribution in [-0.4, -0.2) is 80.5 Å². The first-order valence-corrected chi connectivity index (χ1v) is 11.3. The Hall–Kier alpha value is -3.28. The van der Waals surface area contributed by atoms with Crippen molar-refractivity contribution in [1.29, 1.82) is 0 Å². The van der Waals surface area contributed by atoms with Crippen LogP contribution in [0.3, 0.4) is 0 Å². The van der Waals surface area contributed by atoms with Crippen molar-refractivity contribution in [2.75, 3.05) is 14.1 Å². The van der Waals surface area contributed by atoms with Crippen LogP contribution in [0.2, 0.25) is 0 Å². The maximum Gasteiger partial charge on any atom is 0.230 e. The number of fused-ring (bicyclic) bond motifs is 3. The summed E-state index contributed by atoms with van der Waals surface area (Å²) < 4.78 is 0. The molecule has 188 valence electrons. The highest BCUT2D eigenvalue weighted by Gasteiger charge is 2.67. The van der Waals surface area contributed by atoms with Crippen LogP contribution < -0.4 is 11.1 Å². The van der Waals surface area contributed by atoms with Gasteiger partial charge in [-0.3, -0.25) is 19.2 Å². The highest BCUT2D eigenvalue weighted by atomic mass is 16.3. The first-order valence-electron chi connectivity index (χ1n) is 11.3. The number of nitrogens with one attached hydrogen (secondary N) is 1. The molecule has 2 unspecified atom stereocenters. The Kier molecular flexibility index (Phi) is 5.98. The van der Waals surface area contributed by atoms with Crippen molar-refractivity contribution in [2.45, 2.75) is 44.1 Å². The van der Waals surface area contributed by atoms with E-state index in [4.69, 9.17) is 5.73 Å². The van der Waals surface area contributed by atoms with E-state index in [1.165, 1.54) is 17.9 Å². The summed E-state index contributed by atoms with van der Waals surface area (Å²) in [5, 5.41) is 46.7. The molecule has 2 saturated carbocycles. The fraction of sp³-hybridized carbons (Fsp3) is 0.500. The van der Waals surface area contributed by atoms with Gasteiger partial charge in [-0.15, -0.1) is 0 Å². The smallest absolute Gasteiger partial charge is 0.230 e. The standard InChI is InChI=1S/C24H29N3O8/c1-9(28)26-8-10-4-5-14(29)16-12(10)6-11-7-13-18(27(2)3)20(31)17(23(25)34)22(33)24(13,35)21(32)15(11)19(16)30/h4-5,11,13,17-18,20,29-31,35H,6-8H2,1-3H3,(H2,25,34)(H,26,28)/t11-,13-,17?,18-,20?,24-/m1/s1. The normalized spacial score (nSPS) is 32.1. The lowest BCUT2D eigenvalue weighted by Gasteiger charge is -2.53. The van der Waals surface area contributed by atoms with Gasteiger partial charge in [-0.2, -0.15) is 0 Å². The molecule has 0 saturated heterocycles. The van der Waals surface area contributed by atoms with Gasteiger partial charge in [0.1, 0.15) is 17.4 Å². The monoisotopic (exact) mass is 487 g/mol. The van der Waals surface area contributed by atoms with Crippen molar-refractivity contribution in [2.24, 2.45) is 23.5 Å². The van der Waals surface area contributed by atoms with E-state index < -0.39 is 58.7 Å². The van der Waals surface area contributed by atoms with Gasteiger partial charge in [0, 0.05) is 31.0 Å². The van der Waals surface area contributed by atoms with Crippen LogP contribution in [0.4, 0.5) is 0 Å². The van der Waals surface area contributed by atoms with Gasteiger partial charge in [-0.25, -0.2) is 0 Å². The number of hydrogen-bond acceptors (Lipinski definition) is 9. The third kappa shape index (κ3) is 3.53. The number of aliphatic hydroxyl groups is 3. The van der Waals surface area contributed by atoms with Crippen LogP contribution in [0.1, 0.15) is 30.0 Å². The molecule has 4 rings (SSSR count). The molecule has 0 radical (unpaired) electrons.